The summed E-state index contributed by atoms with van der Waals surface area (Å²) in [5.41, 5.74) is 0. The standard InChI is InChI=1S/C13H22BrNO.BrH/c1-2-10-6-9-7-11(13(10)15-8-9)12(16)4-3-5-14;/h9-11,13,15H,2-8H2,1H3;1H/t9-,10+,11?,13+;/m1./s1. The van der Waals surface area contributed by atoms with Crippen LogP contribution in [0.2, 0.25) is 0 Å². The second kappa shape index (κ2) is 7.25. The number of Topliss-reactive ketones (excluding diaryl/α,β-unsaturated/α-hetero) is 1. The minimum Gasteiger partial charge on any atom is -0.313 e. The van der Waals surface area contributed by atoms with Crippen molar-refractivity contribution in [3.63, 3.8) is 0 Å². The van der Waals surface area contributed by atoms with Gasteiger partial charge in [-0.2, -0.15) is 0 Å². The molecule has 2 nitrogen and oxygen atoms in total. The van der Waals surface area contributed by atoms with Crippen LogP contribution in [0.25, 0.3) is 0 Å². The SMILES string of the molecule is Br.CC[C@H]1C[C@H]2CN[C@@H]1C(C(=O)CCCBr)C2. The fourth-order valence-electron chi connectivity index (χ4n) is 3.46. The quantitative estimate of drug-likeness (QED) is 0.754. The van der Waals surface area contributed by atoms with Gasteiger partial charge in [0.15, 0.2) is 0 Å². The second-order valence-electron chi connectivity index (χ2n) is 5.31. The summed E-state index contributed by atoms with van der Waals surface area (Å²) in [6, 6.07) is 0.484. The first kappa shape index (κ1) is 15.6. The number of nitrogens with one attached hydrogen (secondary N) is 1. The Morgan fingerprint density at radius 2 is 2.18 bits per heavy atom. The van der Waals surface area contributed by atoms with Crippen LogP contribution in [0.3, 0.4) is 0 Å². The number of rotatable bonds is 5. The van der Waals surface area contributed by atoms with Crippen molar-refractivity contribution in [3.8, 4) is 0 Å². The first-order chi connectivity index (χ1) is 7.76. The van der Waals surface area contributed by atoms with Crippen molar-refractivity contribution in [2.24, 2.45) is 17.8 Å². The van der Waals surface area contributed by atoms with E-state index in [-0.39, 0.29) is 17.0 Å². The Bertz CT molecular complexity index is 260. The zero-order valence-corrected chi connectivity index (χ0v) is 13.8. The van der Waals surface area contributed by atoms with Crippen LogP contribution < -0.4 is 5.32 Å². The molecule has 3 rings (SSSR count). The predicted molar refractivity (Wildman–Crippen MR) is 80.1 cm³/mol. The number of hydrogen-bond donors (Lipinski definition) is 1. The molecule has 1 saturated carbocycles. The molecular formula is C13H23Br2NO. The number of carbonyl (C=O) groups is 1. The molecule has 1 aliphatic carbocycles. The van der Waals surface area contributed by atoms with Gasteiger partial charge in [-0.25, -0.2) is 0 Å². The summed E-state index contributed by atoms with van der Waals surface area (Å²) in [5.74, 6) is 2.31. The Labute approximate surface area is 123 Å². The number of hydrogen-bond acceptors (Lipinski definition) is 2. The highest BCUT2D eigenvalue weighted by atomic mass is 79.9. The molecule has 3 aliphatic rings. The number of halogens is 2. The smallest absolute Gasteiger partial charge is 0.137 e. The van der Waals surface area contributed by atoms with Crippen LogP contribution in [-0.2, 0) is 4.79 Å². The Hall–Kier alpha value is 0.590. The maximum absolute atomic E-state index is 12.1. The maximum atomic E-state index is 12.1. The fourth-order valence-corrected chi connectivity index (χ4v) is 3.74. The Morgan fingerprint density at radius 1 is 1.41 bits per heavy atom. The van der Waals surface area contributed by atoms with E-state index in [1.807, 2.05) is 0 Å². The predicted octanol–water partition coefficient (Wildman–Crippen LogP) is 3.33. The minimum absolute atomic E-state index is 0. The van der Waals surface area contributed by atoms with E-state index in [0.29, 0.717) is 17.7 Å². The van der Waals surface area contributed by atoms with E-state index >= 15 is 0 Å². The lowest BCUT2D eigenvalue weighted by Gasteiger charge is -2.47. The third-order valence-electron chi connectivity index (χ3n) is 4.30. The van der Waals surface area contributed by atoms with E-state index in [1.54, 1.807) is 0 Å². The van der Waals surface area contributed by atoms with Gasteiger partial charge in [0.1, 0.15) is 5.78 Å². The molecule has 2 saturated heterocycles. The van der Waals surface area contributed by atoms with Gasteiger partial charge in [0.2, 0.25) is 0 Å². The zero-order chi connectivity index (χ0) is 11.5. The van der Waals surface area contributed by atoms with E-state index in [4.69, 9.17) is 0 Å². The monoisotopic (exact) mass is 367 g/mol. The van der Waals surface area contributed by atoms with Crippen molar-refractivity contribution in [1.29, 1.82) is 0 Å². The number of ketones is 1. The highest BCUT2D eigenvalue weighted by Gasteiger charge is 2.43. The van der Waals surface area contributed by atoms with Crippen molar-refractivity contribution in [1.82, 2.24) is 5.32 Å². The lowest BCUT2D eigenvalue weighted by molar-refractivity contribution is -0.127. The normalized spacial score (nSPS) is 35.4. The molecular weight excluding hydrogens is 346 g/mol. The van der Waals surface area contributed by atoms with Crippen molar-refractivity contribution >= 4 is 38.7 Å². The third kappa shape index (κ3) is 3.54. The Balaban J connectivity index is 0.00000144. The largest absolute Gasteiger partial charge is 0.313 e. The van der Waals surface area contributed by atoms with Crippen molar-refractivity contribution < 1.29 is 4.79 Å². The van der Waals surface area contributed by atoms with Gasteiger partial charge in [-0.05, 0) is 37.6 Å². The lowest BCUT2D eigenvalue weighted by atomic mass is 9.65. The molecule has 2 heterocycles. The van der Waals surface area contributed by atoms with Crippen LogP contribution >= 0.6 is 32.9 Å². The van der Waals surface area contributed by atoms with Gasteiger partial charge in [-0.3, -0.25) is 4.79 Å². The molecule has 0 aromatic carbocycles. The van der Waals surface area contributed by atoms with Gasteiger partial charge < -0.3 is 5.32 Å². The molecule has 1 unspecified atom stereocenters. The van der Waals surface area contributed by atoms with Crippen LogP contribution in [0.15, 0.2) is 0 Å². The maximum Gasteiger partial charge on any atom is 0.137 e. The van der Waals surface area contributed by atoms with Crippen LogP contribution in [0.4, 0.5) is 0 Å². The molecule has 2 aliphatic heterocycles. The Kier molecular flexibility index (Phi) is 6.67. The Morgan fingerprint density at radius 3 is 2.76 bits per heavy atom. The van der Waals surface area contributed by atoms with Crippen LogP contribution in [-0.4, -0.2) is 23.7 Å². The highest BCUT2D eigenvalue weighted by Crippen LogP contribution is 2.40. The van der Waals surface area contributed by atoms with Gasteiger partial charge >= 0.3 is 0 Å². The molecule has 0 aromatic heterocycles. The van der Waals surface area contributed by atoms with E-state index in [2.05, 4.69) is 28.2 Å². The number of carbonyl (C=O) groups excluding carboxylic acids is 1. The summed E-state index contributed by atoms with van der Waals surface area (Å²) in [4.78, 5) is 12.1. The van der Waals surface area contributed by atoms with Crippen molar-refractivity contribution in [2.75, 3.05) is 11.9 Å². The molecule has 3 fully saturated rings. The van der Waals surface area contributed by atoms with Gasteiger partial charge in [0, 0.05) is 23.7 Å². The summed E-state index contributed by atoms with van der Waals surface area (Å²) in [6.45, 7) is 3.40. The van der Waals surface area contributed by atoms with Gasteiger partial charge in [0.25, 0.3) is 0 Å². The lowest BCUT2D eigenvalue weighted by Crippen LogP contribution is -2.57. The van der Waals surface area contributed by atoms with E-state index in [1.165, 1.54) is 12.8 Å². The summed E-state index contributed by atoms with van der Waals surface area (Å²) in [7, 11) is 0. The number of alkyl halides is 1. The molecule has 0 amide bonds. The summed E-state index contributed by atoms with van der Waals surface area (Å²) >= 11 is 3.40. The average molecular weight is 369 g/mol. The van der Waals surface area contributed by atoms with E-state index in [9.17, 15) is 4.79 Å². The van der Waals surface area contributed by atoms with Gasteiger partial charge in [-0.15, -0.1) is 17.0 Å². The van der Waals surface area contributed by atoms with Gasteiger partial charge in [0.05, 0.1) is 0 Å². The molecule has 4 heteroatoms. The van der Waals surface area contributed by atoms with E-state index < -0.39 is 0 Å². The van der Waals surface area contributed by atoms with Crippen molar-refractivity contribution in [2.45, 2.75) is 45.1 Å². The first-order valence-electron chi connectivity index (χ1n) is 6.58. The molecule has 4 atom stereocenters. The van der Waals surface area contributed by atoms with Gasteiger partial charge in [-0.1, -0.05) is 29.3 Å². The topological polar surface area (TPSA) is 29.1 Å². The molecule has 2 bridgehead atoms. The summed E-state index contributed by atoms with van der Waals surface area (Å²) in [5, 5.41) is 4.54. The number of fused-ring (bicyclic) bond motifs is 3. The third-order valence-corrected chi connectivity index (χ3v) is 4.86. The minimum atomic E-state index is 0. The van der Waals surface area contributed by atoms with Crippen LogP contribution in [0, 0.1) is 17.8 Å². The zero-order valence-electron chi connectivity index (χ0n) is 10.5. The fraction of sp³-hybridized carbons (Fsp3) is 0.923. The molecule has 0 spiro atoms. The molecule has 0 radical (unpaired) electrons. The average Bonchev–Trinajstić information content (AvgIpc) is 2.36. The van der Waals surface area contributed by atoms with E-state index in [0.717, 1.165) is 43.0 Å². The molecule has 17 heavy (non-hydrogen) atoms. The van der Waals surface area contributed by atoms with Crippen LogP contribution in [0.1, 0.15) is 39.0 Å². The summed E-state index contributed by atoms with van der Waals surface area (Å²) < 4.78 is 0. The number of piperidine rings is 2. The van der Waals surface area contributed by atoms with Crippen LogP contribution in [0.5, 0.6) is 0 Å². The second-order valence-corrected chi connectivity index (χ2v) is 6.10. The molecule has 0 aromatic rings. The molecule has 100 valence electrons. The molecule has 1 N–H and O–H groups in total. The van der Waals surface area contributed by atoms with Crippen molar-refractivity contribution in [3.05, 3.63) is 0 Å². The summed E-state index contributed by atoms with van der Waals surface area (Å²) in [6.07, 6.45) is 5.46. The first-order valence-corrected chi connectivity index (χ1v) is 7.70. The highest BCUT2D eigenvalue weighted by molar-refractivity contribution is 9.09.